The first kappa shape index (κ1) is 99.6. The van der Waals surface area contributed by atoms with Crippen LogP contribution in [0.3, 0.4) is 0 Å². The molecule has 0 aromatic rings. The van der Waals surface area contributed by atoms with E-state index < -0.39 is 97.1 Å². The molecule has 12 atom stereocenters. The van der Waals surface area contributed by atoms with Gasteiger partial charge in [0.25, 0.3) is 0 Å². The highest BCUT2D eigenvalue weighted by atomic mass is 16.4. The Morgan fingerprint density at radius 2 is 0.360 bits per heavy atom. The Bertz CT molecular complexity index is 2310. The van der Waals surface area contributed by atoms with Crippen LogP contribution in [0.2, 0.25) is 0 Å². The number of carboxylic acid groups (broad SMARTS) is 4. The predicted molar refractivity (Wildman–Crippen MR) is 401 cm³/mol. The van der Waals surface area contributed by atoms with Crippen molar-refractivity contribution < 1.29 is 101 Å². The second-order valence-corrected chi connectivity index (χ2v) is 23.8. The normalized spacial score (nSPS) is 16.3. The number of allylic oxidation sites excluding steroid dienone is 24. The van der Waals surface area contributed by atoms with Crippen molar-refractivity contribution in [1.82, 2.24) is 0 Å². The number of aliphatic carboxylic acids is 4. The molecule has 0 saturated heterocycles. The molecule has 0 bridgehead atoms. The van der Waals surface area contributed by atoms with Gasteiger partial charge in [-0.05, 0) is 77.0 Å². The fourth-order valence-corrected chi connectivity index (χ4v) is 8.35. The molecule has 0 radical (unpaired) electrons. The van der Waals surface area contributed by atoms with Gasteiger partial charge in [-0.1, -0.05) is 299 Å². The van der Waals surface area contributed by atoms with Crippen LogP contribution in [0.25, 0.3) is 0 Å². The average molecular weight is 1410 g/mol. The summed E-state index contributed by atoms with van der Waals surface area (Å²) in [6.45, 7) is 8.45. The fourth-order valence-electron chi connectivity index (χ4n) is 8.35. The average Bonchev–Trinajstić information content (AvgIpc) is 2.11. The van der Waals surface area contributed by atoms with Crippen LogP contribution in [0.5, 0.6) is 0 Å². The van der Waals surface area contributed by atoms with Gasteiger partial charge < -0.3 is 81.7 Å². The van der Waals surface area contributed by atoms with E-state index in [0.717, 1.165) is 89.9 Å². The van der Waals surface area contributed by atoms with Gasteiger partial charge in [-0.2, -0.15) is 0 Å². The molecule has 0 rings (SSSR count). The van der Waals surface area contributed by atoms with Gasteiger partial charge >= 0.3 is 23.9 Å². The summed E-state index contributed by atoms with van der Waals surface area (Å²) >= 11 is 0. The second kappa shape index (κ2) is 74.9. The molecule has 0 spiro atoms. The van der Waals surface area contributed by atoms with E-state index in [1.807, 2.05) is 12.2 Å². The van der Waals surface area contributed by atoms with Gasteiger partial charge in [0.1, 0.15) is 0 Å². The van der Waals surface area contributed by atoms with Gasteiger partial charge in [0, 0.05) is 25.7 Å². The quantitative estimate of drug-likeness (QED) is 0.0199. The monoisotopic (exact) mass is 1410 g/mol. The number of rotatable bonds is 56. The van der Waals surface area contributed by atoms with Crippen molar-refractivity contribution in [1.29, 1.82) is 0 Å². The highest BCUT2D eigenvalue weighted by Gasteiger charge is 2.16. The van der Waals surface area contributed by atoms with Crippen LogP contribution < -0.4 is 0 Å². The van der Waals surface area contributed by atoms with Gasteiger partial charge in [0.05, 0.1) is 73.2 Å². The van der Waals surface area contributed by atoms with Crippen LogP contribution >= 0.6 is 0 Å². The molecular weight excluding hydrogens is 1280 g/mol. The Morgan fingerprint density at radius 3 is 0.550 bits per heavy atom. The van der Waals surface area contributed by atoms with E-state index in [9.17, 15) is 80.5 Å². The number of hydrogen-bond donors (Lipinski definition) is 16. The largest absolute Gasteiger partial charge is 0.481 e. The highest BCUT2D eigenvalue weighted by molar-refractivity contribution is 5.67. The number of hydrogen-bond acceptors (Lipinski definition) is 16. The lowest BCUT2D eigenvalue weighted by molar-refractivity contribution is -0.138. The molecule has 0 unspecified atom stereocenters. The zero-order chi connectivity index (χ0) is 75.7. The van der Waals surface area contributed by atoms with Crippen molar-refractivity contribution in [2.45, 2.75) is 281 Å². The summed E-state index contributed by atoms with van der Waals surface area (Å²) in [5, 5.41) is 150. The molecule has 0 fully saturated rings. The lowest BCUT2D eigenvalue weighted by Gasteiger charge is -2.13. The van der Waals surface area contributed by atoms with Crippen LogP contribution in [-0.2, 0) is 19.2 Å². The Balaban J connectivity index is -0.000000614. The smallest absolute Gasteiger partial charge is 0.303 e. The van der Waals surface area contributed by atoms with Crippen molar-refractivity contribution in [3.63, 3.8) is 0 Å². The van der Waals surface area contributed by atoms with Crippen LogP contribution in [0.4, 0.5) is 0 Å². The first-order valence-electron chi connectivity index (χ1n) is 35.7. The van der Waals surface area contributed by atoms with Gasteiger partial charge in [0.2, 0.25) is 0 Å². The summed E-state index contributed by atoms with van der Waals surface area (Å²) in [6, 6.07) is 0. The van der Waals surface area contributed by atoms with Gasteiger partial charge in [-0.3, -0.25) is 19.2 Å². The molecule has 0 aliphatic heterocycles. The minimum absolute atomic E-state index is 0.0149. The van der Waals surface area contributed by atoms with Crippen LogP contribution in [0, 0.1) is 0 Å². The SMILES string of the molecule is CCCCC[C@@H](O)/C=C/C=C\C=C\C=C\[C@@H](O)[C@@H](O)CCCC(=O)O.CCCCC[C@@H](O)[C@H](O)/C=C/C=C/C=C\C=C\[C@@H](O)CCCC(=O)O.CCCCC[C@H](O)/C=C/C=C\C=C\C=C\[C@@H](O)[C@@H](O)CCCC(=O)O.CCCCC[C@H](O)[C@H](O)/C=C/C=C/C=C\C=C\[C@@H](O)CCCC(=O)O. The summed E-state index contributed by atoms with van der Waals surface area (Å²) in [5.74, 6) is -3.52. The zero-order valence-electron chi connectivity index (χ0n) is 60.0. The number of carbonyl (C=O) groups is 4. The Morgan fingerprint density at radius 1 is 0.210 bits per heavy atom. The molecule has 100 heavy (non-hydrogen) atoms. The van der Waals surface area contributed by atoms with E-state index in [1.165, 1.54) is 12.2 Å². The highest BCUT2D eigenvalue weighted by Crippen LogP contribution is 2.13. The third-order valence-electron chi connectivity index (χ3n) is 14.3. The Labute approximate surface area is 597 Å². The number of aliphatic hydroxyl groups excluding tert-OH is 12. The van der Waals surface area contributed by atoms with Crippen molar-refractivity contribution in [2.24, 2.45) is 0 Å². The maximum absolute atomic E-state index is 10.4. The second-order valence-electron chi connectivity index (χ2n) is 23.8. The Hall–Kier alpha value is -6.76. The first-order valence-corrected chi connectivity index (χ1v) is 35.7. The molecule has 0 aromatic heterocycles. The molecule has 20 nitrogen and oxygen atoms in total. The molecule has 0 amide bonds. The molecule has 0 aromatic carbocycles. The third-order valence-corrected chi connectivity index (χ3v) is 14.3. The van der Waals surface area contributed by atoms with E-state index in [-0.39, 0.29) is 38.5 Å². The van der Waals surface area contributed by atoms with E-state index in [2.05, 4.69) is 27.7 Å². The number of carboxylic acids is 4. The van der Waals surface area contributed by atoms with Crippen molar-refractivity contribution in [3.8, 4) is 0 Å². The number of aliphatic hydroxyl groups is 12. The lowest BCUT2D eigenvalue weighted by atomic mass is 10.1. The fraction of sp³-hybridized carbons (Fsp3) is 0.550. The van der Waals surface area contributed by atoms with Crippen LogP contribution in [0.1, 0.15) is 207 Å². The summed E-state index contributed by atoms with van der Waals surface area (Å²) in [7, 11) is 0. The minimum atomic E-state index is -1.01. The van der Waals surface area contributed by atoms with Crippen molar-refractivity contribution in [3.05, 3.63) is 194 Å². The van der Waals surface area contributed by atoms with E-state index in [4.69, 9.17) is 20.4 Å². The van der Waals surface area contributed by atoms with E-state index >= 15 is 0 Å². The minimum Gasteiger partial charge on any atom is -0.481 e. The van der Waals surface area contributed by atoms with Crippen LogP contribution in [-0.4, -0.2) is 179 Å². The summed E-state index contributed by atoms with van der Waals surface area (Å²) in [6.07, 6.45) is 63.9. The molecule has 0 aliphatic carbocycles. The standard InChI is InChI=1S/4C20H32O5/c2*1-2-3-8-14-18(22)19(23)15-10-7-5-4-6-9-12-17(21)13-11-16-20(24)25;2*1-2-3-8-12-17(21)13-9-6-4-5-7-10-14-18(22)19(23)15-11-16-20(24)25/h2*4-7,9-10,12,15,17-19,21-23H,2-3,8,11,13-14,16H2,1H3,(H,24,25);2*4-7,9-10,13-14,17-19,21-23H,2-3,8,11-12,15-16H2,1H3,(H,24,25)/b2*6-4-,7-5+,12-9+,15-10+;2*6-4-,7-5+,13-9+,14-10+/t17-,18+,19-;17-,18-,19-;17-,18+,19-;17-,18-,19+/m1101/s1. The molecule has 0 saturated carbocycles. The van der Waals surface area contributed by atoms with Crippen molar-refractivity contribution >= 4 is 23.9 Å². The summed E-state index contributed by atoms with van der Waals surface area (Å²) < 4.78 is 0. The molecule has 568 valence electrons. The van der Waals surface area contributed by atoms with E-state index in [0.29, 0.717) is 51.4 Å². The molecule has 16 N–H and O–H groups in total. The molecular formula is C80H128O20. The molecule has 20 heteroatoms. The summed E-state index contributed by atoms with van der Waals surface area (Å²) in [5.41, 5.74) is 0. The first-order chi connectivity index (χ1) is 47.9. The topological polar surface area (TPSA) is 392 Å². The summed E-state index contributed by atoms with van der Waals surface area (Å²) in [4.78, 5) is 41.4. The lowest BCUT2D eigenvalue weighted by Crippen LogP contribution is -2.23. The third kappa shape index (κ3) is 78.6. The van der Waals surface area contributed by atoms with E-state index in [1.54, 1.807) is 170 Å². The van der Waals surface area contributed by atoms with Gasteiger partial charge in [0.15, 0.2) is 0 Å². The van der Waals surface area contributed by atoms with Crippen molar-refractivity contribution in [2.75, 3.05) is 0 Å². The number of unbranched alkanes of at least 4 members (excludes halogenated alkanes) is 8. The van der Waals surface area contributed by atoms with Gasteiger partial charge in [-0.25, -0.2) is 0 Å². The zero-order valence-corrected chi connectivity index (χ0v) is 60.0. The Kier molecular flexibility index (Phi) is 74.6. The van der Waals surface area contributed by atoms with Crippen LogP contribution in [0.15, 0.2) is 194 Å². The predicted octanol–water partition coefficient (Wildman–Crippen LogP) is 12.5. The maximum atomic E-state index is 10.4. The molecule has 0 aliphatic rings. The van der Waals surface area contributed by atoms with Gasteiger partial charge in [-0.15, -0.1) is 0 Å². The molecule has 0 heterocycles. The maximum Gasteiger partial charge on any atom is 0.303 e.